The van der Waals surface area contributed by atoms with E-state index < -0.39 is 5.60 Å². The predicted molar refractivity (Wildman–Crippen MR) is 94.3 cm³/mol. The minimum absolute atomic E-state index is 0.117. The minimum Gasteiger partial charge on any atom is -0.507 e. The number of hydrogen-bond donors (Lipinski definition) is 2. The number of nitrogens with one attached hydrogen (secondary N) is 1. The lowest BCUT2D eigenvalue weighted by molar-refractivity contribution is -0.136. The zero-order valence-electron chi connectivity index (χ0n) is 14.8. The Hall–Kier alpha value is -2.23. The third-order valence-electron chi connectivity index (χ3n) is 5.25. The molecule has 4 nitrogen and oxygen atoms in total. The maximum absolute atomic E-state index is 12.8. The van der Waals surface area contributed by atoms with Crippen LogP contribution < -0.4 is 10.1 Å². The standard InChI is InChI=1S/C20H25NO3/c1-12-13(2)18-16(14(3)17(12)22)10-11-20(4,24-18)19(23)21-15-8-6-5-7-9-15/h6,8-9,22H,5,7,10-11H2,1-4H3,(H,21,23). The molecule has 0 fully saturated rings. The van der Waals surface area contributed by atoms with Crippen LogP contribution in [0.1, 0.15) is 48.4 Å². The van der Waals surface area contributed by atoms with Gasteiger partial charge in [0.1, 0.15) is 11.5 Å². The zero-order valence-corrected chi connectivity index (χ0v) is 14.8. The normalized spacial score (nSPS) is 22.4. The fraction of sp³-hybridized carbons (Fsp3) is 0.450. The van der Waals surface area contributed by atoms with Gasteiger partial charge in [0.2, 0.25) is 0 Å². The molecule has 1 unspecified atom stereocenters. The van der Waals surface area contributed by atoms with E-state index in [1.54, 1.807) is 0 Å². The molecule has 1 aliphatic carbocycles. The molecule has 2 aliphatic rings. The Morgan fingerprint density at radius 1 is 1.21 bits per heavy atom. The summed E-state index contributed by atoms with van der Waals surface area (Å²) in [4.78, 5) is 12.8. The average molecular weight is 327 g/mol. The Bertz CT molecular complexity index is 761. The van der Waals surface area contributed by atoms with Gasteiger partial charge in [-0.25, -0.2) is 0 Å². The van der Waals surface area contributed by atoms with Crippen molar-refractivity contribution < 1.29 is 14.6 Å². The first-order valence-electron chi connectivity index (χ1n) is 8.52. The Labute approximate surface area is 143 Å². The fourth-order valence-electron chi connectivity index (χ4n) is 3.38. The topological polar surface area (TPSA) is 58.6 Å². The van der Waals surface area contributed by atoms with Crippen LogP contribution in [0.15, 0.2) is 23.9 Å². The SMILES string of the molecule is Cc1c(C)c2c(c(C)c1O)CCC(C)(C(=O)NC1=CCCC=C1)O2. The molecule has 1 aromatic rings. The molecule has 4 heteroatoms. The van der Waals surface area contributed by atoms with Gasteiger partial charge in [-0.15, -0.1) is 0 Å². The van der Waals surface area contributed by atoms with Crippen LogP contribution in [0.4, 0.5) is 0 Å². The van der Waals surface area contributed by atoms with Crippen LogP contribution in [0, 0.1) is 20.8 Å². The summed E-state index contributed by atoms with van der Waals surface area (Å²) >= 11 is 0. The van der Waals surface area contributed by atoms with E-state index in [0.717, 1.165) is 46.5 Å². The third kappa shape index (κ3) is 2.70. The predicted octanol–water partition coefficient (Wildman–Crippen LogP) is 3.75. The van der Waals surface area contributed by atoms with Crippen molar-refractivity contribution in [3.8, 4) is 11.5 Å². The molecule has 0 aromatic heterocycles. The molecule has 0 radical (unpaired) electrons. The molecule has 0 saturated carbocycles. The summed E-state index contributed by atoms with van der Waals surface area (Å²) in [5.41, 5.74) is 3.53. The fourth-order valence-corrected chi connectivity index (χ4v) is 3.38. The number of aromatic hydroxyl groups is 1. The van der Waals surface area contributed by atoms with Gasteiger partial charge in [0.25, 0.3) is 5.91 Å². The van der Waals surface area contributed by atoms with Crippen LogP contribution in [0.2, 0.25) is 0 Å². The van der Waals surface area contributed by atoms with Gasteiger partial charge in [-0.3, -0.25) is 4.79 Å². The number of phenols is 1. The number of amides is 1. The number of hydrogen-bond acceptors (Lipinski definition) is 3. The molecule has 3 rings (SSSR count). The van der Waals surface area contributed by atoms with E-state index in [1.165, 1.54) is 0 Å². The van der Waals surface area contributed by atoms with Crippen LogP contribution in [-0.4, -0.2) is 16.6 Å². The lowest BCUT2D eigenvalue weighted by Gasteiger charge is -2.36. The van der Waals surface area contributed by atoms with Gasteiger partial charge < -0.3 is 15.2 Å². The second kappa shape index (κ2) is 6.00. The first-order valence-corrected chi connectivity index (χ1v) is 8.52. The molecular weight excluding hydrogens is 302 g/mol. The third-order valence-corrected chi connectivity index (χ3v) is 5.25. The first kappa shape index (κ1) is 16.6. The Balaban J connectivity index is 1.89. The highest BCUT2D eigenvalue weighted by atomic mass is 16.5. The van der Waals surface area contributed by atoms with Gasteiger partial charge in [0.05, 0.1) is 0 Å². The highest BCUT2D eigenvalue weighted by molar-refractivity contribution is 5.87. The molecule has 0 saturated heterocycles. The van der Waals surface area contributed by atoms with Crippen LogP contribution >= 0.6 is 0 Å². The number of fused-ring (bicyclic) bond motifs is 1. The van der Waals surface area contributed by atoms with Gasteiger partial charge in [-0.1, -0.05) is 12.2 Å². The lowest BCUT2D eigenvalue weighted by Crippen LogP contribution is -2.50. The Morgan fingerprint density at radius 2 is 1.96 bits per heavy atom. The van der Waals surface area contributed by atoms with E-state index in [4.69, 9.17) is 4.74 Å². The Morgan fingerprint density at radius 3 is 2.62 bits per heavy atom. The summed E-state index contributed by atoms with van der Waals surface area (Å²) in [5.74, 6) is 0.967. The molecule has 2 N–H and O–H groups in total. The van der Waals surface area contributed by atoms with Crippen LogP contribution in [0.5, 0.6) is 11.5 Å². The summed E-state index contributed by atoms with van der Waals surface area (Å²) in [6.45, 7) is 7.56. The number of carbonyl (C=O) groups excluding carboxylic acids is 1. The summed E-state index contributed by atoms with van der Waals surface area (Å²) in [6.07, 6.45) is 9.31. The van der Waals surface area contributed by atoms with Crippen molar-refractivity contribution in [3.05, 3.63) is 46.2 Å². The number of allylic oxidation sites excluding steroid dienone is 3. The second-order valence-electron chi connectivity index (χ2n) is 6.96. The molecule has 1 atom stereocenters. The highest BCUT2D eigenvalue weighted by Crippen LogP contribution is 2.43. The monoisotopic (exact) mass is 327 g/mol. The van der Waals surface area contributed by atoms with Crippen molar-refractivity contribution in [3.63, 3.8) is 0 Å². The maximum Gasteiger partial charge on any atom is 0.268 e. The number of benzene rings is 1. The average Bonchev–Trinajstić information content (AvgIpc) is 2.59. The molecule has 1 heterocycles. The van der Waals surface area contributed by atoms with Gasteiger partial charge >= 0.3 is 0 Å². The van der Waals surface area contributed by atoms with E-state index in [2.05, 4.69) is 11.4 Å². The summed E-state index contributed by atoms with van der Waals surface area (Å²) < 4.78 is 6.20. The summed E-state index contributed by atoms with van der Waals surface area (Å²) in [5, 5.41) is 13.2. The largest absolute Gasteiger partial charge is 0.507 e. The summed E-state index contributed by atoms with van der Waals surface area (Å²) in [7, 11) is 0. The van der Waals surface area contributed by atoms with Crippen molar-refractivity contribution in [1.82, 2.24) is 5.32 Å². The van der Waals surface area contributed by atoms with Gasteiger partial charge in [-0.05, 0) is 69.7 Å². The van der Waals surface area contributed by atoms with Gasteiger partial charge in [-0.2, -0.15) is 0 Å². The molecule has 1 aromatic carbocycles. The molecule has 1 aliphatic heterocycles. The molecule has 24 heavy (non-hydrogen) atoms. The molecule has 0 spiro atoms. The summed E-state index contributed by atoms with van der Waals surface area (Å²) in [6, 6.07) is 0. The molecule has 1 amide bonds. The molecular formula is C20H25NO3. The maximum atomic E-state index is 12.8. The number of ether oxygens (including phenoxy) is 1. The Kier molecular flexibility index (Phi) is 4.16. The minimum atomic E-state index is -0.903. The van der Waals surface area contributed by atoms with E-state index in [1.807, 2.05) is 39.8 Å². The van der Waals surface area contributed by atoms with E-state index in [9.17, 15) is 9.90 Å². The van der Waals surface area contributed by atoms with Crippen molar-refractivity contribution in [2.24, 2.45) is 0 Å². The lowest BCUT2D eigenvalue weighted by atomic mass is 9.86. The molecule has 128 valence electrons. The van der Waals surface area contributed by atoms with Crippen LogP contribution in [0.3, 0.4) is 0 Å². The van der Waals surface area contributed by atoms with Crippen LogP contribution in [-0.2, 0) is 11.2 Å². The van der Waals surface area contributed by atoms with Crippen molar-refractivity contribution >= 4 is 5.91 Å². The number of rotatable bonds is 2. The zero-order chi connectivity index (χ0) is 17.5. The number of carbonyl (C=O) groups is 1. The first-order chi connectivity index (χ1) is 11.3. The van der Waals surface area contributed by atoms with Crippen molar-refractivity contribution in [1.29, 1.82) is 0 Å². The highest BCUT2D eigenvalue weighted by Gasteiger charge is 2.40. The smallest absolute Gasteiger partial charge is 0.268 e. The van der Waals surface area contributed by atoms with E-state index in [0.29, 0.717) is 18.6 Å². The van der Waals surface area contributed by atoms with Crippen molar-refractivity contribution in [2.75, 3.05) is 0 Å². The quantitative estimate of drug-likeness (QED) is 0.870. The van der Waals surface area contributed by atoms with Crippen molar-refractivity contribution in [2.45, 2.75) is 59.0 Å². The molecule has 0 bridgehead atoms. The second-order valence-corrected chi connectivity index (χ2v) is 6.96. The van der Waals surface area contributed by atoms with Crippen LogP contribution in [0.25, 0.3) is 0 Å². The van der Waals surface area contributed by atoms with E-state index >= 15 is 0 Å². The number of phenolic OH excluding ortho intramolecular Hbond substituents is 1. The van der Waals surface area contributed by atoms with Gasteiger partial charge in [0.15, 0.2) is 5.60 Å². The van der Waals surface area contributed by atoms with Gasteiger partial charge in [0, 0.05) is 17.7 Å². The van der Waals surface area contributed by atoms with E-state index in [-0.39, 0.29) is 5.91 Å².